The molecule has 1 aromatic carbocycles. The highest BCUT2D eigenvalue weighted by atomic mass is 79.9. The van der Waals surface area contributed by atoms with Gasteiger partial charge in [-0.2, -0.15) is 0 Å². The third-order valence-electron chi connectivity index (χ3n) is 2.60. The highest BCUT2D eigenvalue weighted by Gasteiger charge is 2.06. The molecule has 16 heavy (non-hydrogen) atoms. The average molecular weight is 286 g/mol. The molecule has 0 aliphatic heterocycles. The SMILES string of the molecule is CC(C)C(N)CCCOc1cccc(Br)c1. The summed E-state index contributed by atoms with van der Waals surface area (Å²) in [5.74, 6) is 1.46. The second kappa shape index (κ2) is 6.92. The molecule has 2 nitrogen and oxygen atoms in total. The van der Waals surface area contributed by atoms with Gasteiger partial charge < -0.3 is 10.5 Å². The lowest BCUT2D eigenvalue weighted by atomic mass is 10.0. The maximum atomic E-state index is 5.96. The van der Waals surface area contributed by atoms with Crippen LogP contribution in [-0.2, 0) is 0 Å². The number of ether oxygens (including phenoxy) is 1. The van der Waals surface area contributed by atoms with Crippen molar-refractivity contribution in [3.05, 3.63) is 28.7 Å². The van der Waals surface area contributed by atoms with E-state index in [0.29, 0.717) is 5.92 Å². The molecule has 0 amide bonds. The van der Waals surface area contributed by atoms with Gasteiger partial charge in [-0.25, -0.2) is 0 Å². The molecule has 0 radical (unpaired) electrons. The first kappa shape index (κ1) is 13.5. The van der Waals surface area contributed by atoms with Crippen molar-refractivity contribution in [2.75, 3.05) is 6.61 Å². The number of halogens is 1. The normalized spacial score (nSPS) is 12.8. The smallest absolute Gasteiger partial charge is 0.120 e. The van der Waals surface area contributed by atoms with Gasteiger partial charge in [0, 0.05) is 10.5 Å². The van der Waals surface area contributed by atoms with Gasteiger partial charge >= 0.3 is 0 Å². The quantitative estimate of drug-likeness (QED) is 0.811. The lowest BCUT2D eigenvalue weighted by molar-refractivity contribution is 0.294. The maximum Gasteiger partial charge on any atom is 0.120 e. The van der Waals surface area contributed by atoms with E-state index in [1.54, 1.807) is 0 Å². The van der Waals surface area contributed by atoms with E-state index in [1.807, 2.05) is 24.3 Å². The van der Waals surface area contributed by atoms with Crippen LogP contribution in [0, 0.1) is 5.92 Å². The van der Waals surface area contributed by atoms with Crippen molar-refractivity contribution in [3.8, 4) is 5.75 Å². The average Bonchev–Trinajstić information content (AvgIpc) is 2.24. The first-order valence-corrected chi connectivity index (χ1v) is 6.53. The molecule has 0 fully saturated rings. The fourth-order valence-electron chi connectivity index (χ4n) is 1.40. The number of rotatable bonds is 6. The van der Waals surface area contributed by atoms with E-state index in [1.165, 1.54) is 0 Å². The maximum absolute atomic E-state index is 5.96. The number of hydrogen-bond acceptors (Lipinski definition) is 2. The van der Waals surface area contributed by atoms with E-state index >= 15 is 0 Å². The van der Waals surface area contributed by atoms with E-state index in [2.05, 4.69) is 29.8 Å². The standard InChI is InChI=1S/C13H20BrNO/c1-10(2)13(15)7-4-8-16-12-6-3-5-11(14)9-12/h3,5-6,9-10,13H,4,7-8,15H2,1-2H3. The largest absolute Gasteiger partial charge is 0.494 e. The summed E-state index contributed by atoms with van der Waals surface area (Å²) in [6, 6.07) is 8.18. The van der Waals surface area contributed by atoms with Crippen molar-refractivity contribution in [1.82, 2.24) is 0 Å². The first-order valence-electron chi connectivity index (χ1n) is 5.73. The molecule has 0 bridgehead atoms. The second-order valence-electron chi connectivity index (χ2n) is 4.36. The Labute approximate surface area is 106 Å². The summed E-state index contributed by atoms with van der Waals surface area (Å²) in [5.41, 5.74) is 5.96. The van der Waals surface area contributed by atoms with Crippen LogP contribution < -0.4 is 10.5 Å². The van der Waals surface area contributed by atoms with Crippen LogP contribution in [0.3, 0.4) is 0 Å². The molecule has 2 N–H and O–H groups in total. The van der Waals surface area contributed by atoms with E-state index < -0.39 is 0 Å². The van der Waals surface area contributed by atoms with Gasteiger partial charge in [-0.1, -0.05) is 35.8 Å². The topological polar surface area (TPSA) is 35.2 Å². The van der Waals surface area contributed by atoms with Crippen molar-refractivity contribution in [2.45, 2.75) is 32.7 Å². The van der Waals surface area contributed by atoms with Gasteiger partial charge in [-0.15, -0.1) is 0 Å². The van der Waals surface area contributed by atoms with E-state index in [9.17, 15) is 0 Å². The Balaban J connectivity index is 2.21. The predicted octanol–water partition coefficient (Wildman–Crippen LogP) is 3.59. The lowest BCUT2D eigenvalue weighted by Crippen LogP contribution is -2.26. The van der Waals surface area contributed by atoms with Gasteiger partial charge in [0.1, 0.15) is 5.75 Å². The molecule has 1 aromatic rings. The third-order valence-corrected chi connectivity index (χ3v) is 3.10. The van der Waals surface area contributed by atoms with Crippen LogP contribution in [0.15, 0.2) is 28.7 Å². The van der Waals surface area contributed by atoms with Crippen LogP contribution in [0.5, 0.6) is 5.75 Å². The highest BCUT2D eigenvalue weighted by Crippen LogP contribution is 2.18. The molecule has 0 spiro atoms. The summed E-state index contributed by atoms with van der Waals surface area (Å²) in [5, 5.41) is 0. The van der Waals surface area contributed by atoms with Crippen LogP contribution in [0.25, 0.3) is 0 Å². The van der Waals surface area contributed by atoms with E-state index in [0.717, 1.165) is 29.7 Å². The highest BCUT2D eigenvalue weighted by molar-refractivity contribution is 9.10. The van der Waals surface area contributed by atoms with Crippen molar-refractivity contribution in [1.29, 1.82) is 0 Å². The van der Waals surface area contributed by atoms with Gasteiger partial charge in [0.25, 0.3) is 0 Å². The third kappa shape index (κ3) is 4.99. The summed E-state index contributed by atoms with van der Waals surface area (Å²) in [6.45, 7) is 5.04. The van der Waals surface area contributed by atoms with Gasteiger partial charge in [-0.05, 0) is 37.0 Å². The predicted molar refractivity (Wildman–Crippen MR) is 71.7 cm³/mol. The summed E-state index contributed by atoms with van der Waals surface area (Å²) in [4.78, 5) is 0. The summed E-state index contributed by atoms with van der Waals surface area (Å²) in [6.07, 6.45) is 2.03. The molecule has 0 aliphatic rings. The number of hydrogen-bond donors (Lipinski definition) is 1. The molecule has 1 unspecified atom stereocenters. The summed E-state index contributed by atoms with van der Waals surface area (Å²) in [7, 11) is 0. The van der Waals surface area contributed by atoms with Crippen LogP contribution in [-0.4, -0.2) is 12.6 Å². The Kier molecular flexibility index (Phi) is 5.85. The number of nitrogens with two attached hydrogens (primary N) is 1. The van der Waals surface area contributed by atoms with Crippen molar-refractivity contribution in [2.24, 2.45) is 11.7 Å². The molecule has 0 heterocycles. The molecule has 1 rings (SSSR count). The Bertz CT molecular complexity index is 315. The van der Waals surface area contributed by atoms with Crippen LogP contribution in [0.2, 0.25) is 0 Å². The molecule has 0 saturated heterocycles. The monoisotopic (exact) mass is 285 g/mol. The van der Waals surface area contributed by atoms with Crippen molar-refractivity contribution in [3.63, 3.8) is 0 Å². The molecular weight excluding hydrogens is 266 g/mol. The molecular formula is C13H20BrNO. The van der Waals surface area contributed by atoms with Gasteiger partial charge in [0.05, 0.1) is 6.61 Å². The van der Waals surface area contributed by atoms with Gasteiger partial charge in [0.15, 0.2) is 0 Å². The second-order valence-corrected chi connectivity index (χ2v) is 5.27. The molecule has 0 saturated carbocycles. The summed E-state index contributed by atoms with van der Waals surface area (Å²) < 4.78 is 6.68. The van der Waals surface area contributed by atoms with E-state index in [-0.39, 0.29) is 6.04 Å². The Morgan fingerprint density at radius 1 is 1.38 bits per heavy atom. The van der Waals surface area contributed by atoms with Crippen molar-refractivity contribution < 1.29 is 4.74 Å². The van der Waals surface area contributed by atoms with Gasteiger partial charge in [-0.3, -0.25) is 0 Å². The molecule has 0 aliphatic carbocycles. The van der Waals surface area contributed by atoms with Crippen LogP contribution in [0.1, 0.15) is 26.7 Å². The minimum absolute atomic E-state index is 0.283. The Morgan fingerprint density at radius 3 is 2.75 bits per heavy atom. The van der Waals surface area contributed by atoms with Crippen molar-refractivity contribution >= 4 is 15.9 Å². The number of benzene rings is 1. The minimum atomic E-state index is 0.283. The summed E-state index contributed by atoms with van der Waals surface area (Å²) >= 11 is 3.41. The fourth-order valence-corrected chi connectivity index (χ4v) is 1.78. The Morgan fingerprint density at radius 2 is 2.12 bits per heavy atom. The van der Waals surface area contributed by atoms with Gasteiger partial charge in [0.2, 0.25) is 0 Å². The zero-order chi connectivity index (χ0) is 12.0. The molecule has 90 valence electrons. The minimum Gasteiger partial charge on any atom is -0.494 e. The van der Waals surface area contributed by atoms with Crippen LogP contribution in [0.4, 0.5) is 0 Å². The molecule has 0 aromatic heterocycles. The first-order chi connectivity index (χ1) is 7.59. The van der Waals surface area contributed by atoms with Crippen LogP contribution >= 0.6 is 15.9 Å². The van der Waals surface area contributed by atoms with E-state index in [4.69, 9.17) is 10.5 Å². The molecule has 1 atom stereocenters. The zero-order valence-electron chi connectivity index (χ0n) is 9.95. The molecule has 3 heteroatoms. The Hall–Kier alpha value is -0.540. The fraction of sp³-hybridized carbons (Fsp3) is 0.538. The lowest BCUT2D eigenvalue weighted by Gasteiger charge is -2.15. The zero-order valence-corrected chi connectivity index (χ0v) is 11.5.